The summed E-state index contributed by atoms with van der Waals surface area (Å²) in [5.74, 6) is 0.361. The van der Waals surface area contributed by atoms with Crippen molar-refractivity contribution in [1.82, 2.24) is 9.62 Å². The van der Waals surface area contributed by atoms with E-state index in [1.807, 2.05) is 12.1 Å². The van der Waals surface area contributed by atoms with Crippen LogP contribution < -0.4 is 4.72 Å². The van der Waals surface area contributed by atoms with Crippen LogP contribution in [-0.4, -0.2) is 40.0 Å². The summed E-state index contributed by atoms with van der Waals surface area (Å²) in [5.41, 5.74) is 2.19. The molecule has 2 atom stereocenters. The third-order valence-electron chi connectivity index (χ3n) is 4.82. The highest BCUT2D eigenvalue weighted by Crippen LogP contribution is 2.45. The molecule has 1 N–H and O–H groups in total. The molecule has 1 fully saturated rings. The van der Waals surface area contributed by atoms with Crippen LogP contribution in [-0.2, 0) is 10.0 Å². The molecule has 0 spiro atoms. The smallest absolute Gasteiger partial charge is 0.240 e. The van der Waals surface area contributed by atoms with Crippen LogP contribution in [0.3, 0.4) is 0 Å². The van der Waals surface area contributed by atoms with Crippen LogP contribution in [0, 0.1) is 5.92 Å². The molecule has 0 amide bonds. The molecule has 7 heteroatoms. The number of piperidine rings is 1. The highest BCUT2D eigenvalue weighted by molar-refractivity contribution is 7.89. The van der Waals surface area contributed by atoms with Crippen molar-refractivity contribution < 1.29 is 8.42 Å². The Kier molecular flexibility index (Phi) is 5.61. The topological polar surface area (TPSA) is 49.4 Å². The standard InChI is InChI=1S/C18H22Cl2N2O2S/c1-3-21-25(23,24)14-6-4-5-12(7-14)16-10-22(2)11-17-15(16)8-13(19)9-18(17)20/h4-7,9,15-16,21H,3,8,10-11H2,1-2H3/t15?,16-/m0/s1. The van der Waals surface area contributed by atoms with Gasteiger partial charge in [0.15, 0.2) is 0 Å². The van der Waals surface area contributed by atoms with E-state index >= 15 is 0 Å². The van der Waals surface area contributed by atoms with Gasteiger partial charge in [-0.2, -0.15) is 0 Å². The first kappa shape index (κ1) is 18.9. The molecule has 0 saturated carbocycles. The average molecular weight is 401 g/mol. The molecule has 1 aliphatic heterocycles. The van der Waals surface area contributed by atoms with Crippen LogP contribution in [0.25, 0.3) is 0 Å². The molecule has 136 valence electrons. The van der Waals surface area contributed by atoms with E-state index < -0.39 is 10.0 Å². The molecule has 4 nitrogen and oxygen atoms in total. The average Bonchev–Trinajstić information content (AvgIpc) is 2.55. The summed E-state index contributed by atoms with van der Waals surface area (Å²) in [6, 6.07) is 7.21. The predicted molar refractivity (Wildman–Crippen MR) is 102 cm³/mol. The van der Waals surface area contributed by atoms with Crippen molar-refractivity contribution >= 4 is 33.2 Å². The molecular formula is C18H22Cl2N2O2S. The molecule has 1 heterocycles. The van der Waals surface area contributed by atoms with Gasteiger partial charge in [-0.3, -0.25) is 0 Å². The molecular weight excluding hydrogens is 379 g/mol. The first-order valence-electron chi connectivity index (χ1n) is 8.34. The Bertz CT molecular complexity index is 833. The summed E-state index contributed by atoms with van der Waals surface area (Å²) in [5, 5.41) is 1.47. The van der Waals surface area contributed by atoms with E-state index in [2.05, 4.69) is 16.7 Å². The van der Waals surface area contributed by atoms with Gasteiger partial charge in [0.2, 0.25) is 10.0 Å². The fourth-order valence-corrected chi connectivity index (χ4v) is 5.48. The Morgan fingerprint density at radius 2 is 2.04 bits per heavy atom. The molecule has 2 aliphatic rings. The number of halogens is 2. The highest BCUT2D eigenvalue weighted by Gasteiger charge is 2.36. The fraction of sp³-hybridized carbons (Fsp3) is 0.444. The maximum atomic E-state index is 12.3. The molecule has 1 aliphatic carbocycles. The van der Waals surface area contributed by atoms with Gasteiger partial charge in [-0.15, -0.1) is 0 Å². The second-order valence-electron chi connectivity index (χ2n) is 6.65. The van der Waals surface area contributed by atoms with Crippen molar-refractivity contribution in [3.05, 3.63) is 51.5 Å². The van der Waals surface area contributed by atoms with Gasteiger partial charge in [-0.05, 0) is 48.7 Å². The number of likely N-dealkylation sites (N-methyl/N-ethyl adjacent to an activating group) is 1. The van der Waals surface area contributed by atoms with Gasteiger partial charge < -0.3 is 4.90 Å². The van der Waals surface area contributed by atoms with E-state index in [4.69, 9.17) is 23.2 Å². The van der Waals surface area contributed by atoms with E-state index in [-0.39, 0.29) is 11.8 Å². The third kappa shape index (κ3) is 3.96. The lowest BCUT2D eigenvalue weighted by atomic mass is 9.74. The van der Waals surface area contributed by atoms with Crippen molar-refractivity contribution in [2.24, 2.45) is 5.92 Å². The van der Waals surface area contributed by atoms with Gasteiger partial charge in [0, 0.05) is 35.6 Å². The van der Waals surface area contributed by atoms with Crippen LogP contribution in [0.2, 0.25) is 0 Å². The zero-order chi connectivity index (χ0) is 18.2. The third-order valence-corrected chi connectivity index (χ3v) is 6.98. The first-order valence-corrected chi connectivity index (χ1v) is 10.6. The first-order chi connectivity index (χ1) is 11.8. The van der Waals surface area contributed by atoms with Crippen LogP contribution in [0.15, 0.2) is 50.9 Å². The second-order valence-corrected chi connectivity index (χ2v) is 9.31. The zero-order valence-electron chi connectivity index (χ0n) is 14.3. The van der Waals surface area contributed by atoms with Crippen molar-refractivity contribution in [1.29, 1.82) is 0 Å². The summed E-state index contributed by atoms with van der Waals surface area (Å²) in [4.78, 5) is 2.52. The number of rotatable bonds is 4. The summed E-state index contributed by atoms with van der Waals surface area (Å²) in [7, 11) is -1.42. The Hall–Kier alpha value is -0.850. The lowest BCUT2D eigenvalue weighted by molar-refractivity contribution is 0.243. The summed E-state index contributed by atoms with van der Waals surface area (Å²) < 4.78 is 27.2. The van der Waals surface area contributed by atoms with Crippen molar-refractivity contribution in [2.75, 3.05) is 26.7 Å². The second kappa shape index (κ2) is 7.41. The van der Waals surface area contributed by atoms with Crippen molar-refractivity contribution in [3.8, 4) is 0 Å². The van der Waals surface area contributed by atoms with Gasteiger partial charge >= 0.3 is 0 Å². The van der Waals surface area contributed by atoms with E-state index in [1.54, 1.807) is 25.1 Å². The molecule has 3 rings (SSSR count). The lowest BCUT2D eigenvalue weighted by Crippen LogP contribution is -2.39. The minimum absolute atomic E-state index is 0.154. The van der Waals surface area contributed by atoms with Crippen molar-refractivity contribution in [2.45, 2.75) is 24.2 Å². The summed E-state index contributed by atoms with van der Waals surface area (Å²) in [6.45, 7) is 3.79. The van der Waals surface area contributed by atoms with E-state index in [9.17, 15) is 8.42 Å². The number of hydrogen-bond donors (Lipinski definition) is 1. The maximum Gasteiger partial charge on any atom is 0.240 e. The number of likely N-dealkylation sites (tertiary alicyclic amines) is 1. The van der Waals surface area contributed by atoms with E-state index in [1.165, 1.54) is 5.57 Å². The van der Waals surface area contributed by atoms with E-state index in [0.29, 0.717) is 16.5 Å². The predicted octanol–water partition coefficient (Wildman–Crippen LogP) is 3.65. The molecule has 25 heavy (non-hydrogen) atoms. The van der Waals surface area contributed by atoms with Crippen LogP contribution >= 0.6 is 23.2 Å². The normalized spacial score (nSPS) is 24.9. The Labute approximate surface area is 159 Å². The minimum atomic E-state index is -3.48. The summed E-state index contributed by atoms with van der Waals surface area (Å²) in [6.07, 6.45) is 2.58. The number of benzene rings is 1. The highest BCUT2D eigenvalue weighted by atomic mass is 35.5. The van der Waals surface area contributed by atoms with Gasteiger partial charge in [-0.25, -0.2) is 13.1 Å². The van der Waals surface area contributed by atoms with Crippen LogP contribution in [0.1, 0.15) is 24.8 Å². The number of fused-ring (bicyclic) bond motifs is 1. The molecule has 0 bridgehead atoms. The molecule has 1 aromatic rings. The van der Waals surface area contributed by atoms with E-state index in [0.717, 1.165) is 30.1 Å². The number of hydrogen-bond acceptors (Lipinski definition) is 3. The minimum Gasteiger partial charge on any atom is -0.302 e. The molecule has 1 saturated heterocycles. The number of nitrogens with one attached hydrogen (secondary N) is 1. The Morgan fingerprint density at radius 3 is 2.76 bits per heavy atom. The summed E-state index contributed by atoms with van der Waals surface area (Å²) >= 11 is 12.7. The molecule has 1 aromatic carbocycles. The quantitative estimate of drug-likeness (QED) is 0.838. The molecule has 1 unspecified atom stereocenters. The zero-order valence-corrected chi connectivity index (χ0v) is 16.6. The largest absolute Gasteiger partial charge is 0.302 e. The Balaban J connectivity index is 2.00. The Morgan fingerprint density at radius 1 is 1.28 bits per heavy atom. The van der Waals surface area contributed by atoms with Gasteiger partial charge in [0.1, 0.15) is 0 Å². The number of sulfonamides is 1. The lowest BCUT2D eigenvalue weighted by Gasteiger charge is -2.41. The van der Waals surface area contributed by atoms with Gasteiger partial charge in [0.25, 0.3) is 0 Å². The van der Waals surface area contributed by atoms with Crippen LogP contribution in [0.4, 0.5) is 0 Å². The SMILES string of the molecule is CCNS(=O)(=O)c1cccc([C@@H]2CN(C)CC3=C(Cl)C=C(Cl)CC32)c1. The van der Waals surface area contributed by atoms with Crippen molar-refractivity contribution in [3.63, 3.8) is 0 Å². The molecule has 0 aromatic heterocycles. The molecule has 0 radical (unpaired) electrons. The number of allylic oxidation sites excluding steroid dienone is 3. The monoisotopic (exact) mass is 400 g/mol. The van der Waals surface area contributed by atoms with Crippen LogP contribution in [0.5, 0.6) is 0 Å². The number of nitrogens with zero attached hydrogens (tertiary/aromatic N) is 1. The van der Waals surface area contributed by atoms with Gasteiger partial charge in [-0.1, -0.05) is 42.3 Å². The fourth-order valence-electron chi connectivity index (χ4n) is 3.72. The maximum absolute atomic E-state index is 12.3. The van der Waals surface area contributed by atoms with Gasteiger partial charge in [0.05, 0.1) is 4.90 Å².